The first-order valence-corrected chi connectivity index (χ1v) is 9.59. The number of nitrogens with one attached hydrogen (secondary N) is 1. The van der Waals surface area contributed by atoms with Gasteiger partial charge < -0.3 is 4.74 Å². The van der Waals surface area contributed by atoms with Gasteiger partial charge in [-0.05, 0) is 49.1 Å². The number of hydrogen-bond acceptors (Lipinski definition) is 5. The fourth-order valence-corrected chi connectivity index (χ4v) is 3.21. The van der Waals surface area contributed by atoms with Crippen molar-refractivity contribution < 1.29 is 18.7 Å². The fourth-order valence-electron chi connectivity index (χ4n) is 3.21. The number of fused-ring (bicyclic) bond motifs is 1. The van der Waals surface area contributed by atoms with Gasteiger partial charge in [-0.3, -0.25) is 20.1 Å². The van der Waals surface area contributed by atoms with Crippen LogP contribution in [0.1, 0.15) is 55.5 Å². The predicted molar refractivity (Wildman–Crippen MR) is 107 cm³/mol. The van der Waals surface area contributed by atoms with E-state index in [2.05, 4.69) is 15.3 Å². The number of aliphatic imine (C=N–C) groups is 1. The number of ketones is 1. The monoisotopic (exact) mass is 397 g/mol. The van der Waals surface area contributed by atoms with Crippen LogP contribution in [0.3, 0.4) is 0 Å². The highest BCUT2D eigenvalue weighted by Gasteiger charge is 2.21. The van der Waals surface area contributed by atoms with Crippen LogP contribution < -0.4 is 5.32 Å². The van der Waals surface area contributed by atoms with E-state index in [9.17, 15) is 14.0 Å². The second-order valence-electron chi connectivity index (χ2n) is 7.45. The normalized spacial score (nSPS) is 13.6. The topological polar surface area (TPSA) is 80.6 Å². The number of pyridine rings is 1. The highest BCUT2D eigenvalue weighted by Crippen LogP contribution is 2.22. The van der Waals surface area contributed by atoms with E-state index in [1.165, 1.54) is 12.1 Å². The summed E-state index contributed by atoms with van der Waals surface area (Å²) in [6.07, 6.45) is 1.43. The quantitative estimate of drug-likeness (QED) is 0.801. The molecule has 29 heavy (non-hydrogen) atoms. The Kier molecular flexibility index (Phi) is 6.36. The van der Waals surface area contributed by atoms with Crippen LogP contribution in [0.25, 0.3) is 0 Å². The fraction of sp³-hybridized carbons (Fsp3) is 0.364. The molecule has 1 atom stereocenters. The molecule has 1 aliphatic rings. The number of amidine groups is 1. The highest BCUT2D eigenvalue weighted by atomic mass is 19.1. The summed E-state index contributed by atoms with van der Waals surface area (Å²) >= 11 is 0. The zero-order chi connectivity index (χ0) is 21.0. The molecule has 1 aromatic carbocycles. The summed E-state index contributed by atoms with van der Waals surface area (Å²) in [6, 6.07) is 8.07. The minimum atomic E-state index is -0.555. The smallest absolute Gasteiger partial charge is 0.413 e. The average molecular weight is 397 g/mol. The Hall–Kier alpha value is -3.09. The minimum Gasteiger partial charge on any atom is -0.447 e. The number of Topliss-reactive ketones (excluding diaryl/α,β-unsaturated/α-hetero) is 1. The Morgan fingerprint density at radius 3 is 2.62 bits per heavy atom. The van der Waals surface area contributed by atoms with Crippen molar-refractivity contribution in [3.05, 3.63) is 64.7 Å². The van der Waals surface area contributed by atoms with Crippen molar-refractivity contribution in [2.45, 2.75) is 52.2 Å². The molecule has 0 saturated carbocycles. The predicted octanol–water partition coefficient (Wildman–Crippen LogP) is 3.92. The maximum atomic E-state index is 13.0. The molecule has 1 amide bonds. The number of aromatic nitrogens is 1. The van der Waals surface area contributed by atoms with E-state index in [0.29, 0.717) is 24.5 Å². The van der Waals surface area contributed by atoms with E-state index in [-0.39, 0.29) is 30.0 Å². The van der Waals surface area contributed by atoms with Crippen LogP contribution in [-0.2, 0) is 22.5 Å². The van der Waals surface area contributed by atoms with Crippen molar-refractivity contribution >= 4 is 17.7 Å². The molecule has 0 fully saturated rings. The van der Waals surface area contributed by atoms with Gasteiger partial charge in [0.25, 0.3) is 0 Å². The zero-order valence-corrected chi connectivity index (χ0v) is 16.7. The van der Waals surface area contributed by atoms with E-state index in [0.717, 1.165) is 16.7 Å². The Morgan fingerprint density at radius 1 is 1.21 bits per heavy atom. The Morgan fingerprint density at radius 2 is 1.93 bits per heavy atom. The molecule has 1 N–H and O–H groups in total. The van der Waals surface area contributed by atoms with Gasteiger partial charge in [0.2, 0.25) is 0 Å². The summed E-state index contributed by atoms with van der Waals surface area (Å²) < 4.78 is 18.1. The van der Waals surface area contributed by atoms with Crippen LogP contribution in [0.4, 0.5) is 9.18 Å². The molecule has 1 aliphatic heterocycles. The van der Waals surface area contributed by atoms with Gasteiger partial charge in [0.15, 0.2) is 0 Å². The van der Waals surface area contributed by atoms with Crippen molar-refractivity contribution in [3.8, 4) is 0 Å². The Labute approximate surface area is 169 Å². The van der Waals surface area contributed by atoms with Gasteiger partial charge in [-0.2, -0.15) is 0 Å². The third-order valence-electron chi connectivity index (χ3n) is 4.62. The number of amides is 1. The lowest BCUT2D eigenvalue weighted by molar-refractivity contribution is -0.118. The molecular weight excluding hydrogens is 373 g/mol. The van der Waals surface area contributed by atoms with Gasteiger partial charge in [-0.1, -0.05) is 19.1 Å². The number of ether oxygens (including phenoxy) is 1. The third kappa shape index (κ3) is 5.47. The SMILES string of the molecule is CC(C)OC(=O)NC1=NCc2cc(CC(=O)C[C@H](C)c3ccc(F)cc3)ncc21. The van der Waals surface area contributed by atoms with Crippen molar-refractivity contribution in [1.29, 1.82) is 0 Å². The van der Waals surface area contributed by atoms with E-state index in [4.69, 9.17) is 4.74 Å². The molecule has 0 radical (unpaired) electrons. The zero-order valence-electron chi connectivity index (χ0n) is 16.7. The maximum absolute atomic E-state index is 13.0. The van der Waals surface area contributed by atoms with Crippen LogP contribution in [0.15, 0.2) is 41.5 Å². The summed E-state index contributed by atoms with van der Waals surface area (Å²) in [5.74, 6) is 0.208. The lowest BCUT2D eigenvalue weighted by Gasteiger charge is -2.12. The van der Waals surface area contributed by atoms with Crippen LogP contribution >= 0.6 is 0 Å². The van der Waals surface area contributed by atoms with Crippen molar-refractivity contribution in [2.75, 3.05) is 0 Å². The molecule has 152 valence electrons. The van der Waals surface area contributed by atoms with Crippen LogP contribution in [0.2, 0.25) is 0 Å². The number of carbonyl (C=O) groups is 2. The molecule has 7 heteroatoms. The lowest BCUT2D eigenvalue weighted by Crippen LogP contribution is -2.32. The summed E-state index contributed by atoms with van der Waals surface area (Å²) in [7, 11) is 0. The van der Waals surface area contributed by atoms with E-state index >= 15 is 0 Å². The van der Waals surface area contributed by atoms with Gasteiger partial charge in [0, 0.05) is 30.3 Å². The number of halogens is 1. The second-order valence-corrected chi connectivity index (χ2v) is 7.45. The molecule has 2 heterocycles. The van der Waals surface area contributed by atoms with Crippen molar-refractivity contribution in [2.24, 2.45) is 4.99 Å². The summed E-state index contributed by atoms with van der Waals surface area (Å²) in [5, 5.41) is 2.63. The van der Waals surface area contributed by atoms with Gasteiger partial charge in [0.1, 0.15) is 17.4 Å². The Balaban J connectivity index is 1.59. The first-order chi connectivity index (χ1) is 13.8. The number of alkyl carbamates (subject to hydrolysis) is 1. The molecule has 0 bridgehead atoms. The number of benzene rings is 1. The summed E-state index contributed by atoms with van der Waals surface area (Å²) in [6.45, 7) is 5.91. The van der Waals surface area contributed by atoms with Gasteiger partial charge in [-0.25, -0.2) is 9.18 Å². The van der Waals surface area contributed by atoms with E-state index in [1.807, 2.05) is 13.0 Å². The first kappa shape index (κ1) is 20.6. The summed E-state index contributed by atoms with van der Waals surface area (Å²) in [4.78, 5) is 32.9. The van der Waals surface area contributed by atoms with Gasteiger partial charge in [0.05, 0.1) is 12.6 Å². The number of rotatable bonds is 6. The lowest BCUT2D eigenvalue weighted by atomic mass is 9.94. The van der Waals surface area contributed by atoms with E-state index in [1.54, 1.807) is 32.2 Å². The Bertz CT molecular complexity index is 939. The molecule has 1 aromatic heterocycles. The molecule has 3 rings (SSSR count). The molecule has 0 spiro atoms. The second kappa shape index (κ2) is 8.94. The molecule has 0 saturated heterocycles. The molecule has 0 unspecified atom stereocenters. The van der Waals surface area contributed by atoms with Crippen molar-refractivity contribution in [1.82, 2.24) is 10.3 Å². The standard InChI is InChI=1S/C22H24FN3O3/c1-13(2)29-22(28)26-21-20-12-24-18(9-16(20)11-25-21)10-19(27)8-14(3)15-4-6-17(23)7-5-15/h4-7,9,12-14H,8,10-11H2,1-3H3,(H,25,26,28)/t14-/m0/s1. The summed E-state index contributed by atoms with van der Waals surface area (Å²) in [5.41, 5.74) is 3.25. The third-order valence-corrected chi connectivity index (χ3v) is 4.62. The van der Waals surface area contributed by atoms with Crippen LogP contribution in [0, 0.1) is 5.82 Å². The number of hydrogen-bond donors (Lipinski definition) is 1. The minimum absolute atomic E-state index is 0.00336. The molecule has 6 nitrogen and oxygen atoms in total. The van der Waals surface area contributed by atoms with Gasteiger partial charge >= 0.3 is 6.09 Å². The van der Waals surface area contributed by atoms with Crippen LogP contribution in [-0.4, -0.2) is 28.8 Å². The number of carbonyl (C=O) groups excluding carboxylic acids is 2. The largest absolute Gasteiger partial charge is 0.447 e. The molecular formula is C22H24FN3O3. The number of nitrogens with zero attached hydrogens (tertiary/aromatic N) is 2. The van der Waals surface area contributed by atoms with E-state index < -0.39 is 6.09 Å². The molecule has 2 aromatic rings. The van der Waals surface area contributed by atoms with Gasteiger partial charge in [-0.15, -0.1) is 0 Å². The first-order valence-electron chi connectivity index (χ1n) is 9.59. The molecule has 0 aliphatic carbocycles. The van der Waals surface area contributed by atoms with Crippen molar-refractivity contribution in [3.63, 3.8) is 0 Å². The average Bonchev–Trinajstić information content (AvgIpc) is 3.03. The van der Waals surface area contributed by atoms with Crippen LogP contribution in [0.5, 0.6) is 0 Å². The highest BCUT2D eigenvalue weighted by molar-refractivity contribution is 6.08. The maximum Gasteiger partial charge on any atom is 0.413 e.